The van der Waals surface area contributed by atoms with Gasteiger partial charge in [-0.3, -0.25) is 4.90 Å². The number of nitrogens with two attached hydrogens (primary N) is 1. The van der Waals surface area contributed by atoms with Crippen LogP contribution in [-0.4, -0.2) is 48.6 Å². The van der Waals surface area contributed by atoms with Crippen molar-refractivity contribution in [2.75, 3.05) is 26.7 Å². The highest BCUT2D eigenvalue weighted by Crippen LogP contribution is 2.34. The van der Waals surface area contributed by atoms with E-state index in [1.807, 2.05) is 11.3 Å². The maximum atomic E-state index is 6.46. The van der Waals surface area contributed by atoms with Crippen molar-refractivity contribution < 1.29 is 0 Å². The summed E-state index contributed by atoms with van der Waals surface area (Å²) in [5.41, 5.74) is 6.46. The summed E-state index contributed by atoms with van der Waals surface area (Å²) in [6.45, 7) is 8.05. The quantitative estimate of drug-likeness (QED) is 0.824. The van der Waals surface area contributed by atoms with E-state index in [4.69, 9.17) is 5.73 Å². The van der Waals surface area contributed by atoms with Crippen LogP contribution in [0, 0.1) is 0 Å². The van der Waals surface area contributed by atoms with Crippen molar-refractivity contribution in [1.29, 1.82) is 0 Å². The average Bonchev–Trinajstić information content (AvgIpc) is 2.93. The van der Waals surface area contributed by atoms with Crippen molar-refractivity contribution in [2.45, 2.75) is 51.2 Å². The van der Waals surface area contributed by atoms with Crippen LogP contribution in [0.2, 0.25) is 0 Å². The van der Waals surface area contributed by atoms with Crippen LogP contribution in [0.15, 0.2) is 15.9 Å². The fourth-order valence-corrected chi connectivity index (χ4v) is 4.96. The molecule has 2 heterocycles. The summed E-state index contributed by atoms with van der Waals surface area (Å²) in [6.07, 6.45) is 3.52. The van der Waals surface area contributed by atoms with E-state index in [1.54, 1.807) is 0 Å². The van der Waals surface area contributed by atoms with Gasteiger partial charge >= 0.3 is 0 Å². The predicted octanol–water partition coefficient (Wildman–Crippen LogP) is 3.71. The molecule has 2 N–H and O–H groups in total. The van der Waals surface area contributed by atoms with Gasteiger partial charge in [-0.1, -0.05) is 13.8 Å². The number of nitrogens with zero attached hydrogens (tertiary/aromatic N) is 2. The van der Waals surface area contributed by atoms with Crippen LogP contribution in [0.5, 0.6) is 0 Å². The Morgan fingerprint density at radius 1 is 1.43 bits per heavy atom. The molecule has 120 valence electrons. The number of hydrogen-bond acceptors (Lipinski definition) is 4. The second kappa shape index (κ2) is 8.06. The smallest absolute Gasteiger partial charge is 0.0593 e. The van der Waals surface area contributed by atoms with Crippen LogP contribution in [-0.2, 0) is 0 Å². The van der Waals surface area contributed by atoms with Crippen LogP contribution in [0.4, 0.5) is 0 Å². The minimum Gasteiger partial charge on any atom is -0.326 e. The Morgan fingerprint density at radius 2 is 2.10 bits per heavy atom. The molecule has 21 heavy (non-hydrogen) atoms. The van der Waals surface area contributed by atoms with Gasteiger partial charge in [-0.05, 0) is 67.9 Å². The molecule has 0 saturated carbocycles. The molecule has 3 nitrogen and oxygen atoms in total. The van der Waals surface area contributed by atoms with Gasteiger partial charge in [0.15, 0.2) is 0 Å². The first-order valence-corrected chi connectivity index (χ1v) is 9.67. The molecule has 0 bridgehead atoms. The summed E-state index contributed by atoms with van der Waals surface area (Å²) in [4.78, 5) is 6.47. The highest BCUT2D eigenvalue weighted by Gasteiger charge is 2.31. The van der Waals surface area contributed by atoms with Crippen molar-refractivity contribution in [3.63, 3.8) is 0 Å². The maximum absolute atomic E-state index is 6.46. The summed E-state index contributed by atoms with van der Waals surface area (Å²) in [5, 5.41) is 2.16. The first kappa shape index (κ1) is 17.4. The molecule has 0 amide bonds. The van der Waals surface area contributed by atoms with Gasteiger partial charge in [-0.15, -0.1) is 11.3 Å². The number of piperidine rings is 1. The Kier molecular flexibility index (Phi) is 6.69. The number of thiophene rings is 1. The monoisotopic (exact) mass is 373 g/mol. The highest BCUT2D eigenvalue weighted by molar-refractivity contribution is 9.10. The van der Waals surface area contributed by atoms with Crippen LogP contribution in [0.1, 0.15) is 44.0 Å². The van der Waals surface area contributed by atoms with Gasteiger partial charge in [0, 0.05) is 26.8 Å². The van der Waals surface area contributed by atoms with Crippen LogP contribution in [0.25, 0.3) is 0 Å². The molecular weight excluding hydrogens is 346 g/mol. The van der Waals surface area contributed by atoms with E-state index in [0.29, 0.717) is 12.1 Å². The third-order valence-corrected chi connectivity index (χ3v) is 6.54. The van der Waals surface area contributed by atoms with Gasteiger partial charge in [0.05, 0.1) is 6.04 Å². The van der Waals surface area contributed by atoms with Crippen molar-refractivity contribution >= 4 is 27.3 Å². The standard InChI is InChI=1S/C16H28BrN3S/c1-4-14(18)16(15-10-12(17)11-21-15)19(3)13-6-8-20(5-2)9-7-13/h10-11,13-14,16H,4-9,18H2,1-3H3. The highest BCUT2D eigenvalue weighted by atomic mass is 79.9. The van der Waals surface area contributed by atoms with Crippen molar-refractivity contribution in [2.24, 2.45) is 5.73 Å². The summed E-state index contributed by atoms with van der Waals surface area (Å²) >= 11 is 5.40. The number of likely N-dealkylation sites (N-methyl/N-ethyl adjacent to an activating group) is 1. The van der Waals surface area contributed by atoms with E-state index >= 15 is 0 Å². The second-order valence-electron chi connectivity index (χ2n) is 6.02. The molecule has 0 aliphatic carbocycles. The third kappa shape index (κ3) is 4.29. The summed E-state index contributed by atoms with van der Waals surface area (Å²) in [7, 11) is 2.26. The lowest BCUT2D eigenvalue weighted by atomic mass is 9.97. The molecule has 1 aliphatic heterocycles. The van der Waals surface area contributed by atoms with Crippen LogP contribution < -0.4 is 5.73 Å². The molecule has 1 fully saturated rings. The lowest BCUT2D eigenvalue weighted by Gasteiger charge is -2.41. The third-order valence-electron chi connectivity index (χ3n) is 4.78. The number of likely N-dealkylation sites (tertiary alicyclic amines) is 1. The second-order valence-corrected chi connectivity index (χ2v) is 7.87. The summed E-state index contributed by atoms with van der Waals surface area (Å²) in [6, 6.07) is 3.42. The minimum absolute atomic E-state index is 0.199. The zero-order valence-electron chi connectivity index (χ0n) is 13.4. The van der Waals surface area contributed by atoms with Gasteiger partial charge in [-0.2, -0.15) is 0 Å². The average molecular weight is 374 g/mol. The van der Waals surface area contributed by atoms with Gasteiger partial charge < -0.3 is 10.6 Å². The predicted molar refractivity (Wildman–Crippen MR) is 95.9 cm³/mol. The molecule has 1 aliphatic rings. The topological polar surface area (TPSA) is 32.5 Å². The molecule has 0 spiro atoms. The van der Waals surface area contributed by atoms with E-state index in [9.17, 15) is 0 Å². The van der Waals surface area contributed by atoms with Gasteiger partial charge in [0.25, 0.3) is 0 Å². The SMILES string of the molecule is CCC(N)C(c1cc(Br)cs1)N(C)C1CCN(CC)CC1. The first-order chi connectivity index (χ1) is 10.1. The molecule has 2 unspecified atom stereocenters. The molecule has 2 atom stereocenters. The van der Waals surface area contributed by atoms with Crippen molar-refractivity contribution in [3.05, 3.63) is 20.8 Å². The Labute approximate surface area is 141 Å². The summed E-state index contributed by atoms with van der Waals surface area (Å²) < 4.78 is 1.17. The summed E-state index contributed by atoms with van der Waals surface area (Å²) in [5.74, 6) is 0. The zero-order valence-corrected chi connectivity index (χ0v) is 15.8. The molecule has 1 aromatic rings. The fraction of sp³-hybridized carbons (Fsp3) is 0.750. The largest absolute Gasteiger partial charge is 0.326 e. The fourth-order valence-electron chi connectivity index (χ4n) is 3.29. The molecule has 0 radical (unpaired) electrons. The van der Waals surface area contributed by atoms with Gasteiger partial charge in [0.1, 0.15) is 0 Å². The van der Waals surface area contributed by atoms with Gasteiger partial charge in [0.2, 0.25) is 0 Å². The Bertz CT molecular complexity index is 429. The van der Waals surface area contributed by atoms with E-state index in [2.05, 4.69) is 58.1 Å². The Morgan fingerprint density at radius 3 is 2.57 bits per heavy atom. The zero-order chi connectivity index (χ0) is 15.4. The van der Waals surface area contributed by atoms with E-state index in [0.717, 1.165) is 6.42 Å². The van der Waals surface area contributed by atoms with Crippen LogP contribution in [0.3, 0.4) is 0 Å². The number of hydrogen-bond donors (Lipinski definition) is 1. The molecule has 5 heteroatoms. The molecular formula is C16H28BrN3S. The molecule has 1 saturated heterocycles. The van der Waals surface area contributed by atoms with Crippen LogP contribution >= 0.6 is 27.3 Å². The lowest BCUT2D eigenvalue weighted by Crippen LogP contribution is -2.48. The maximum Gasteiger partial charge on any atom is 0.0593 e. The lowest BCUT2D eigenvalue weighted by molar-refractivity contribution is 0.0879. The first-order valence-electron chi connectivity index (χ1n) is 8.00. The Balaban J connectivity index is 2.10. The van der Waals surface area contributed by atoms with E-state index in [-0.39, 0.29) is 6.04 Å². The van der Waals surface area contributed by atoms with Crippen molar-refractivity contribution in [3.8, 4) is 0 Å². The Hall–Kier alpha value is 0.0600. The normalized spacial score (nSPS) is 20.9. The number of rotatable bonds is 6. The van der Waals surface area contributed by atoms with Crippen molar-refractivity contribution in [1.82, 2.24) is 9.80 Å². The molecule has 1 aromatic heterocycles. The molecule has 2 rings (SSSR count). The molecule has 0 aromatic carbocycles. The van der Waals surface area contributed by atoms with E-state index in [1.165, 1.54) is 41.8 Å². The van der Waals surface area contributed by atoms with Gasteiger partial charge in [-0.25, -0.2) is 0 Å². The van der Waals surface area contributed by atoms with E-state index < -0.39 is 0 Å². The minimum atomic E-state index is 0.199. The number of halogens is 1.